The minimum absolute atomic E-state index is 0.423. The molecule has 0 aliphatic carbocycles. The molecule has 0 rings (SSSR count). The van der Waals surface area contributed by atoms with Gasteiger partial charge in [-0.3, -0.25) is 4.55 Å². The van der Waals surface area contributed by atoms with Crippen LogP contribution in [0.5, 0.6) is 0 Å². The number of hydrogen-bond acceptors (Lipinski definition) is 4. The Morgan fingerprint density at radius 2 is 2.08 bits per heavy atom. The standard InChI is InChI=1S/C6H14O4S2/c1-2-10-5-3-4-6-11-12(7,8)9/h2-6H2,1H3,(H,7,8,9). The van der Waals surface area contributed by atoms with E-state index >= 15 is 0 Å². The summed E-state index contributed by atoms with van der Waals surface area (Å²) in [7, 11) is -3.28. The van der Waals surface area contributed by atoms with E-state index in [1.54, 1.807) is 0 Å². The summed E-state index contributed by atoms with van der Waals surface area (Å²) in [4.78, 5) is 0. The van der Waals surface area contributed by atoms with Gasteiger partial charge >= 0.3 is 9.15 Å². The molecule has 0 spiro atoms. The topological polar surface area (TPSA) is 63.6 Å². The van der Waals surface area contributed by atoms with Crippen molar-refractivity contribution in [3.8, 4) is 0 Å². The second kappa shape index (κ2) is 6.71. The highest BCUT2D eigenvalue weighted by Gasteiger charge is 2.03. The molecule has 0 amide bonds. The zero-order valence-corrected chi connectivity index (χ0v) is 8.66. The fourth-order valence-electron chi connectivity index (χ4n) is 0.615. The Labute approximate surface area is 76.8 Å². The van der Waals surface area contributed by atoms with Crippen molar-refractivity contribution in [3.63, 3.8) is 0 Å². The molecule has 0 heterocycles. The molecular formula is C6H14O4S2. The molecule has 74 valence electrons. The van der Waals surface area contributed by atoms with Crippen LogP contribution in [0.25, 0.3) is 0 Å². The third kappa shape index (κ3) is 10.2. The van der Waals surface area contributed by atoms with Crippen molar-refractivity contribution in [2.45, 2.75) is 19.8 Å². The van der Waals surface area contributed by atoms with E-state index in [1.807, 2.05) is 6.92 Å². The van der Waals surface area contributed by atoms with E-state index in [4.69, 9.17) is 9.29 Å². The van der Waals surface area contributed by atoms with Crippen molar-refractivity contribution < 1.29 is 17.7 Å². The van der Waals surface area contributed by atoms with Crippen molar-refractivity contribution in [1.82, 2.24) is 0 Å². The van der Waals surface area contributed by atoms with Crippen molar-refractivity contribution in [1.29, 1.82) is 0 Å². The van der Waals surface area contributed by atoms with Gasteiger partial charge in [0, 0.05) is 19.0 Å². The minimum Gasteiger partial charge on any atom is -0.382 e. The zero-order valence-electron chi connectivity index (χ0n) is 7.02. The highest BCUT2D eigenvalue weighted by Crippen LogP contribution is 2.11. The van der Waals surface area contributed by atoms with Gasteiger partial charge in [-0.2, -0.15) is 8.42 Å². The first-order chi connectivity index (χ1) is 5.56. The van der Waals surface area contributed by atoms with E-state index in [-0.39, 0.29) is 0 Å². The van der Waals surface area contributed by atoms with Gasteiger partial charge in [0.15, 0.2) is 0 Å². The Morgan fingerprint density at radius 1 is 1.42 bits per heavy atom. The molecule has 0 fully saturated rings. The predicted molar refractivity (Wildman–Crippen MR) is 49.7 cm³/mol. The quantitative estimate of drug-likeness (QED) is 0.393. The smallest absolute Gasteiger partial charge is 0.319 e. The molecule has 0 saturated heterocycles. The Morgan fingerprint density at radius 3 is 2.58 bits per heavy atom. The zero-order chi connectivity index (χ0) is 9.45. The largest absolute Gasteiger partial charge is 0.382 e. The summed E-state index contributed by atoms with van der Waals surface area (Å²) in [5.74, 6) is 0.423. The van der Waals surface area contributed by atoms with Crippen molar-refractivity contribution in [2.75, 3.05) is 19.0 Å². The van der Waals surface area contributed by atoms with E-state index in [9.17, 15) is 8.42 Å². The van der Waals surface area contributed by atoms with E-state index < -0.39 is 9.15 Å². The summed E-state index contributed by atoms with van der Waals surface area (Å²) >= 11 is 0. The molecule has 1 N–H and O–H groups in total. The van der Waals surface area contributed by atoms with Crippen molar-refractivity contribution >= 4 is 19.9 Å². The van der Waals surface area contributed by atoms with Gasteiger partial charge in [0.2, 0.25) is 0 Å². The molecule has 0 unspecified atom stereocenters. The van der Waals surface area contributed by atoms with Crippen LogP contribution in [0.4, 0.5) is 0 Å². The highest BCUT2D eigenvalue weighted by molar-refractivity contribution is 8.69. The molecule has 4 nitrogen and oxygen atoms in total. The first-order valence-corrected chi connectivity index (χ1v) is 6.70. The Hall–Kier alpha value is 0.220. The third-order valence-corrected chi connectivity index (χ3v) is 3.27. The van der Waals surface area contributed by atoms with E-state index in [0.717, 1.165) is 12.8 Å². The molecule has 0 aliphatic rings. The molecule has 0 atom stereocenters. The van der Waals surface area contributed by atoms with Crippen LogP contribution < -0.4 is 0 Å². The van der Waals surface area contributed by atoms with Crippen LogP contribution in [0.3, 0.4) is 0 Å². The average molecular weight is 214 g/mol. The van der Waals surface area contributed by atoms with Gasteiger partial charge in [0.25, 0.3) is 0 Å². The second-order valence-corrected chi connectivity index (χ2v) is 5.62. The van der Waals surface area contributed by atoms with Crippen LogP contribution in [-0.2, 0) is 13.9 Å². The van der Waals surface area contributed by atoms with Gasteiger partial charge in [-0.15, -0.1) is 0 Å². The van der Waals surface area contributed by atoms with Gasteiger partial charge in [-0.25, -0.2) is 0 Å². The molecule has 0 aromatic carbocycles. The average Bonchev–Trinajstić information content (AvgIpc) is 1.94. The highest BCUT2D eigenvalue weighted by atomic mass is 33.1. The summed E-state index contributed by atoms with van der Waals surface area (Å²) in [5, 5.41) is 0. The van der Waals surface area contributed by atoms with Gasteiger partial charge in [-0.05, 0) is 30.6 Å². The van der Waals surface area contributed by atoms with Crippen molar-refractivity contribution in [3.05, 3.63) is 0 Å². The lowest BCUT2D eigenvalue weighted by Crippen LogP contribution is -1.96. The van der Waals surface area contributed by atoms with Gasteiger partial charge in [0.1, 0.15) is 0 Å². The lowest BCUT2D eigenvalue weighted by atomic mass is 10.4. The van der Waals surface area contributed by atoms with Gasteiger partial charge in [-0.1, -0.05) is 0 Å². The SMILES string of the molecule is CCOCCCCSS(=O)(=O)O. The van der Waals surface area contributed by atoms with Crippen molar-refractivity contribution in [2.24, 2.45) is 0 Å². The van der Waals surface area contributed by atoms with Crippen LogP contribution in [0.15, 0.2) is 0 Å². The molecule has 0 aromatic rings. The van der Waals surface area contributed by atoms with Crippen LogP contribution in [0.1, 0.15) is 19.8 Å². The minimum atomic E-state index is -3.84. The molecule has 0 bridgehead atoms. The van der Waals surface area contributed by atoms with Gasteiger partial charge in [0.05, 0.1) is 0 Å². The predicted octanol–water partition coefficient (Wildman–Crippen LogP) is 1.34. The monoisotopic (exact) mass is 214 g/mol. The van der Waals surface area contributed by atoms with E-state index in [2.05, 4.69) is 0 Å². The van der Waals surface area contributed by atoms with Crippen LogP contribution in [0, 0.1) is 0 Å². The molecule has 12 heavy (non-hydrogen) atoms. The lowest BCUT2D eigenvalue weighted by Gasteiger charge is -1.99. The normalized spacial score (nSPS) is 11.8. The molecular weight excluding hydrogens is 200 g/mol. The van der Waals surface area contributed by atoms with E-state index in [1.165, 1.54) is 0 Å². The summed E-state index contributed by atoms with van der Waals surface area (Å²) in [6.45, 7) is 3.25. The summed E-state index contributed by atoms with van der Waals surface area (Å²) < 4.78 is 33.8. The fraction of sp³-hybridized carbons (Fsp3) is 1.00. The molecule has 0 aliphatic heterocycles. The summed E-state index contributed by atoms with van der Waals surface area (Å²) in [5.41, 5.74) is 0. The Kier molecular flexibility index (Phi) is 6.83. The van der Waals surface area contributed by atoms with E-state index in [0.29, 0.717) is 29.8 Å². The number of ether oxygens (including phenoxy) is 1. The number of unbranched alkanes of at least 4 members (excludes halogenated alkanes) is 1. The Bertz CT molecular complexity index is 188. The van der Waals surface area contributed by atoms with Gasteiger partial charge < -0.3 is 4.74 Å². The molecule has 0 radical (unpaired) electrons. The number of hydrogen-bond donors (Lipinski definition) is 1. The Balaban J connectivity index is 3.12. The fourth-order valence-corrected chi connectivity index (χ4v) is 2.13. The first-order valence-electron chi connectivity index (χ1n) is 3.76. The maximum absolute atomic E-state index is 10.2. The third-order valence-electron chi connectivity index (χ3n) is 1.12. The maximum Gasteiger partial charge on any atom is 0.319 e. The van der Waals surface area contributed by atoms with Crippen LogP contribution in [0.2, 0.25) is 0 Å². The second-order valence-electron chi connectivity index (χ2n) is 2.15. The molecule has 0 saturated carbocycles. The van der Waals surface area contributed by atoms with Crippen LogP contribution in [-0.4, -0.2) is 31.9 Å². The lowest BCUT2D eigenvalue weighted by molar-refractivity contribution is 0.144. The number of rotatable bonds is 7. The summed E-state index contributed by atoms with van der Waals surface area (Å²) in [6.07, 6.45) is 1.57. The maximum atomic E-state index is 10.2. The summed E-state index contributed by atoms with van der Waals surface area (Å²) in [6, 6.07) is 0. The first kappa shape index (κ1) is 12.2. The van der Waals surface area contributed by atoms with Crippen LogP contribution >= 0.6 is 10.8 Å². The molecule has 0 aromatic heterocycles. The molecule has 6 heteroatoms.